The molecule has 0 aliphatic carbocycles. The topological polar surface area (TPSA) is 47.0 Å². The monoisotopic (exact) mass is 291 g/mol. The molecule has 5 heteroatoms. The number of rotatable bonds is 6. The van der Waals surface area contributed by atoms with Crippen molar-refractivity contribution in [3.8, 4) is 0 Å². The van der Waals surface area contributed by atoms with Crippen LogP contribution in [0.2, 0.25) is 0 Å². The lowest BCUT2D eigenvalue weighted by Gasteiger charge is -2.19. The number of aromatic nitrogens is 2. The third-order valence-corrected chi connectivity index (χ3v) is 4.55. The summed E-state index contributed by atoms with van der Waals surface area (Å²) < 4.78 is 5.47. The lowest BCUT2D eigenvalue weighted by molar-refractivity contribution is 0.0185. The summed E-state index contributed by atoms with van der Waals surface area (Å²) in [6.07, 6.45) is 0. The lowest BCUT2D eigenvalue weighted by atomic mass is 10.1. The van der Waals surface area contributed by atoms with Gasteiger partial charge in [0.05, 0.1) is 6.04 Å². The number of nitrogens with zero attached hydrogens (tertiary/aromatic N) is 2. The average molecular weight is 291 g/mol. The SMILES string of the molecule is CCNC(c1ccccc1)c1nnc(C(C)(C)OC)s1. The van der Waals surface area contributed by atoms with E-state index in [-0.39, 0.29) is 6.04 Å². The highest BCUT2D eigenvalue weighted by atomic mass is 32.1. The van der Waals surface area contributed by atoms with Crippen molar-refractivity contribution in [2.75, 3.05) is 13.7 Å². The van der Waals surface area contributed by atoms with Gasteiger partial charge in [0.2, 0.25) is 0 Å². The van der Waals surface area contributed by atoms with E-state index in [9.17, 15) is 0 Å². The van der Waals surface area contributed by atoms with E-state index in [1.165, 1.54) is 5.56 Å². The van der Waals surface area contributed by atoms with Crippen molar-refractivity contribution in [1.29, 1.82) is 0 Å². The minimum Gasteiger partial charge on any atom is -0.372 e. The zero-order chi connectivity index (χ0) is 14.6. The molecule has 1 aromatic carbocycles. The maximum Gasteiger partial charge on any atom is 0.148 e. The molecule has 2 aromatic rings. The highest BCUT2D eigenvalue weighted by molar-refractivity contribution is 7.11. The molecule has 2 rings (SSSR count). The van der Waals surface area contributed by atoms with Crippen LogP contribution in [0.5, 0.6) is 0 Å². The summed E-state index contributed by atoms with van der Waals surface area (Å²) in [6.45, 7) is 6.98. The van der Waals surface area contributed by atoms with E-state index in [1.807, 2.05) is 32.0 Å². The standard InChI is InChI=1S/C15H21N3OS/c1-5-16-12(11-9-7-6-8-10-11)13-17-18-14(20-13)15(2,3)19-4/h6-10,12,16H,5H2,1-4H3. The molecule has 0 amide bonds. The molecule has 0 aliphatic heterocycles. The van der Waals surface area contributed by atoms with Gasteiger partial charge >= 0.3 is 0 Å². The van der Waals surface area contributed by atoms with Crippen LogP contribution in [0.4, 0.5) is 0 Å². The molecule has 4 nitrogen and oxygen atoms in total. The summed E-state index contributed by atoms with van der Waals surface area (Å²) in [4.78, 5) is 0. The largest absolute Gasteiger partial charge is 0.372 e. The van der Waals surface area contributed by atoms with Gasteiger partial charge < -0.3 is 10.1 Å². The zero-order valence-electron chi connectivity index (χ0n) is 12.4. The fourth-order valence-electron chi connectivity index (χ4n) is 1.88. The van der Waals surface area contributed by atoms with Crippen molar-refractivity contribution in [2.24, 2.45) is 0 Å². The zero-order valence-corrected chi connectivity index (χ0v) is 13.2. The van der Waals surface area contributed by atoms with Crippen molar-refractivity contribution < 1.29 is 4.74 Å². The number of methoxy groups -OCH3 is 1. The Labute approximate surface area is 124 Å². The minimum atomic E-state index is -0.399. The van der Waals surface area contributed by atoms with E-state index in [0.29, 0.717) is 0 Å². The molecule has 1 unspecified atom stereocenters. The van der Waals surface area contributed by atoms with Crippen molar-refractivity contribution in [2.45, 2.75) is 32.4 Å². The van der Waals surface area contributed by atoms with E-state index in [4.69, 9.17) is 4.74 Å². The Morgan fingerprint density at radius 2 is 1.95 bits per heavy atom. The molecule has 1 heterocycles. The molecular formula is C15H21N3OS. The molecule has 0 radical (unpaired) electrons. The number of hydrogen-bond acceptors (Lipinski definition) is 5. The van der Waals surface area contributed by atoms with Crippen LogP contribution in [-0.4, -0.2) is 23.9 Å². The van der Waals surface area contributed by atoms with E-state index in [1.54, 1.807) is 18.4 Å². The lowest BCUT2D eigenvalue weighted by Crippen LogP contribution is -2.21. The summed E-state index contributed by atoms with van der Waals surface area (Å²) in [6, 6.07) is 10.4. The molecule has 0 spiro atoms. The van der Waals surface area contributed by atoms with Crippen LogP contribution in [-0.2, 0) is 10.3 Å². The van der Waals surface area contributed by atoms with E-state index in [2.05, 4.69) is 34.6 Å². The van der Waals surface area contributed by atoms with Gasteiger partial charge in [-0.3, -0.25) is 0 Å². The van der Waals surface area contributed by atoms with Gasteiger partial charge in [0.25, 0.3) is 0 Å². The summed E-state index contributed by atoms with van der Waals surface area (Å²) in [7, 11) is 1.69. The van der Waals surface area contributed by atoms with Crippen LogP contribution >= 0.6 is 11.3 Å². The smallest absolute Gasteiger partial charge is 0.148 e. The van der Waals surface area contributed by atoms with Crippen LogP contribution in [0.1, 0.15) is 42.4 Å². The Bertz CT molecular complexity index is 539. The van der Waals surface area contributed by atoms with Crippen LogP contribution in [0.15, 0.2) is 30.3 Å². The summed E-state index contributed by atoms with van der Waals surface area (Å²) in [5, 5.41) is 14.0. The van der Waals surface area contributed by atoms with E-state index < -0.39 is 5.60 Å². The fraction of sp³-hybridized carbons (Fsp3) is 0.467. The van der Waals surface area contributed by atoms with Crippen LogP contribution in [0, 0.1) is 0 Å². The van der Waals surface area contributed by atoms with Gasteiger partial charge in [-0.1, -0.05) is 48.6 Å². The van der Waals surface area contributed by atoms with E-state index in [0.717, 1.165) is 16.6 Å². The summed E-state index contributed by atoms with van der Waals surface area (Å²) in [5.41, 5.74) is 0.802. The predicted octanol–water partition coefficient (Wildman–Crippen LogP) is 3.12. The summed E-state index contributed by atoms with van der Waals surface area (Å²) >= 11 is 1.60. The first-order valence-electron chi connectivity index (χ1n) is 6.76. The van der Waals surface area contributed by atoms with Crippen molar-refractivity contribution >= 4 is 11.3 Å². The average Bonchev–Trinajstić information content (AvgIpc) is 2.96. The molecule has 1 aromatic heterocycles. The fourth-order valence-corrected chi connectivity index (χ4v) is 2.91. The molecule has 0 saturated heterocycles. The number of benzene rings is 1. The quantitative estimate of drug-likeness (QED) is 0.888. The molecule has 0 saturated carbocycles. The second kappa shape index (κ2) is 6.43. The Hall–Kier alpha value is -1.30. The van der Waals surface area contributed by atoms with Gasteiger partial charge in [-0.2, -0.15) is 0 Å². The number of nitrogens with one attached hydrogen (secondary N) is 1. The third kappa shape index (κ3) is 3.23. The molecule has 20 heavy (non-hydrogen) atoms. The highest BCUT2D eigenvalue weighted by Crippen LogP contribution is 2.31. The van der Waals surface area contributed by atoms with E-state index >= 15 is 0 Å². The van der Waals surface area contributed by atoms with Gasteiger partial charge in [0, 0.05) is 7.11 Å². The van der Waals surface area contributed by atoms with Crippen molar-refractivity contribution in [1.82, 2.24) is 15.5 Å². The van der Waals surface area contributed by atoms with Gasteiger partial charge in [-0.05, 0) is 26.0 Å². The van der Waals surface area contributed by atoms with Gasteiger partial charge in [0.1, 0.15) is 15.6 Å². The first kappa shape index (κ1) is 15.1. The maximum absolute atomic E-state index is 5.47. The summed E-state index contributed by atoms with van der Waals surface area (Å²) in [5.74, 6) is 0. The van der Waals surface area contributed by atoms with Gasteiger partial charge in [-0.15, -0.1) is 10.2 Å². The molecule has 108 valence electrons. The Morgan fingerprint density at radius 1 is 1.25 bits per heavy atom. The van der Waals surface area contributed by atoms with Crippen LogP contribution in [0.3, 0.4) is 0 Å². The Balaban J connectivity index is 2.32. The first-order chi connectivity index (χ1) is 9.58. The van der Waals surface area contributed by atoms with Crippen molar-refractivity contribution in [3.05, 3.63) is 45.9 Å². The van der Waals surface area contributed by atoms with Crippen LogP contribution in [0.25, 0.3) is 0 Å². The molecule has 0 fully saturated rings. The van der Waals surface area contributed by atoms with Gasteiger partial charge in [-0.25, -0.2) is 0 Å². The molecule has 1 N–H and O–H groups in total. The highest BCUT2D eigenvalue weighted by Gasteiger charge is 2.27. The Morgan fingerprint density at radius 3 is 2.55 bits per heavy atom. The molecule has 1 atom stereocenters. The minimum absolute atomic E-state index is 0.0834. The first-order valence-corrected chi connectivity index (χ1v) is 7.57. The van der Waals surface area contributed by atoms with Crippen molar-refractivity contribution in [3.63, 3.8) is 0 Å². The third-order valence-electron chi connectivity index (χ3n) is 3.25. The number of hydrogen-bond donors (Lipinski definition) is 1. The second-order valence-corrected chi connectivity index (χ2v) is 6.07. The molecular weight excluding hydrogens is 270 g/mol. The predicted molar refractivity (Wildman–Crippen MR) is 81.9 cm³/mol. The normalized spacial score (nSPS) is 13.4. The Kier molecular flexibility index (Phi) is 4.86. The molecule has 0 bridgehead atoms. The van der Waals surface area contributed by atoms with Crippen LogP contribution < -0.4 is 5.32 Å². The molecule has 0 aliphatic rings. The maximum atomic E-state index is 5.47. The number of ether oxygens (including phenoxy) is 1. The second-order valence-electron chi connectivity index (χ2n) is 5.06. The van der Waals surface area contributed by atoms with Gasteiger partial charge in [0.15, 0.2) is 0 Å².